The van der Waals surface area contributed by atoms with E-state index in [0.717, 1.165) is 5.56 Å². The highest BCUT2D eigenvalue weighted by molar-refractivity contribution is 7.91. The van der Waals surface area contributed by atoms with Gasteiger partial charge in [0.05, 0.1) is 18.1 Å². The van der Waals surface area contributed by atoms with E-state index in [-0.39, 0.29) is 35.9 Å². The SMILES string of the molecule is CC(C)C(=O)N(Cc1ccc(-c2cccc(Cl)c2)o1)[C@@H]1CCS(=O)(=O)C1. The number of carbonyl (C=O) groups excluding carboxylic acids is 1. The van der Waals surface area contributed by atoms with Crippen LogP contribution >= 0.6 is 11.6 Å². The number of benzene rings is 1. The molecule has 1 fully saturated rings. The van der Waals surface area contributed by atoms with Crippen molar-refractivity contribution in [2.45, 2.75) is 32.9 Å². The Bertz CT molecular complexity index is 904. The quantitative estimate of drug-likeness (QED) is 0.772. The first kappa shape index (κ1) is 19.0. The summed E-state index contributed by atoms with van der Waals surface area (Å²) in [5.74, 6) is 1.17. The van der Waals surface area contributed by atoms with Gasteiger partial charge >= 0.3 is 0 Å². The molecular formula is C19H22ClNO4S. The number of carbonyl (C=O) groups is 1. The van der Waals surface area contributed by atoms with E-state index in [9.17, 15) is 13.2 Å². The monoisotopic (exact) mass is 395 g/mol. The molecule has 0 saturated carbocycles. The van der Waals surface area contributed by atoms with E-state index < -0.39 is 9.84 Å². The van der Waals surface area contributed by atoms with Gasteiger partial charge in [0, 0.05) is 22.5 Å². The Hall–Kier alpha value is -1.79. The number of hydrogen-bond acceptors (Lipinski definition) is 4. The number of furan rings is 1. The fraction of sp³-hybridized carbons (Fsp3) is 0.421. The van der Waals surface area contributed by atoms with Gasteiger partial charge in [0.25, 0.3) is 0 Å². The Morgan fingerprint density at radius 1 is 1.31 bits per heavy atom. The predicted molar refractivity (Wildman–Crippen MR) is 102 cm³/mol. The van der Waals surface area contributed by atoms with Crippen LogP contribution in [0.3, 0.4) is 0 Å². The molecule has 3 rings (SSSR count). The first-order chi connectivity index (χ1) is 12.2. The Morgan fingerprint density at radius 2 is 2.08 bits per heavy atom. The van der Waals surface area contributed by atoms with Crippen LogP contribution in [-0.4, -0.2) is 36.8 Å². The molecule has 0 aliphatic carbocycles. The summed E-state index contributed by atoms with van der Waals surface area (Å²) in [6.07, 6.45) is 0.475. The van der Waals surface area contributed by atoms with Gasteiger partial charge in [-0.3, -0.25) is 4.79 Å². The zero-order valence-corrected chi connectivity index (χ0v) is 16.4. The third kappa shape index (κ3) is 4.30. The van der Waals surface area contributed by atoms with Crippen molar-refractivity contribution in [1.82, 2.24) is 4.90 Å². The van der Waals surface area contributed by atoms with Crippen molar-refractivity contribution in [2.24, 2.45) is 5.92 Å². The standard InChI is InChI=1S/C19H22ClNO4S/c1-13(2)19(22)21(16-8-9-26(23,24)12-16)11-17-6-7-18(25-17)14-4-3-5-15(20)10-14/h3-7,10,13,16H,8-9,11-12H2,1-2H3/t16-/m1/s1. The third-order valence-electron chi connectivity index (χ3n) is 4.52. The van der Waals surface area contributed by atoms with Gasteiger partial charge in [-0.05, 0) is 30.7 Å². The van der Waals surface area contributed by atoms with E-state index in [1.807, 2.05) is 44.2 Å². The molecule has 2 aromatic rings. The van der Waals surface area contributed by atoms with Crippen LogP contribution in [0.5, 0.6) is 0 Å². The summed E-state index contributed by atoms with van der Waals surface area (Å²) in [5, 5.41) is 0.619. The minimum atomic E-state index is -3.07. The maximum absolute atomic E-state index is 12.6. The zero-order valence-electron chi connectivity index (χ0n) is 14.8. The van der Waals surface area contributed by atoms with Crippen molar-refractivity contribution < 1.29 is 17.6 Å². The Morgan fingerprint density at radius 3 is 2.69 bits per heavy atom. The van der Waals surface area contributed by atoms with Crippen molar-refractivity contribution in [3.05, 3.63) is 47.2 Å². The molecule has 26 heavy (non-hydrogen) atoms. The largest absolute Gasteiger partial charge is 0.459 e. The Kier molecular flexibility index (Phi) is 5.44. The summed E-state index contributed by atoms with van der Waals surface area (Å²) in [5.41, 5.74) is 0.855. The number of halogens is 1. The number of sulfone groups is 1. The summed E-state index contributed by atoms with van der Waals surface area (Å²) in [6, 6.07) is 10.7. The molecule has 0 unspecified atom stereocenters. The molecule has 1 aromatic carbocycles. The molecule has 1 atom stereocenters. The first-order valence-corrected chi connectivity index (χ1v) is 10.8. The minimum Gasteiger partial charge on any atom is -0.459 e. The molecule has 140 valence electrons. The van der Waals surface area contributed by atoms with Crippen molar-refractivity contribution in [3.63, 3.8) is 0 Å². The van der Waals surface area contributed by atoms with E-state index >= 15 is 0 Å². The van der Waals surface area contributed by atoms with E-state index in [1.54, 1.807) is 11.0 Å². The van der Waals surface area contributed by atoms with Crippen LogP contribution in [0.25, 0.3) is 11.3 Å². The normalized spacial score (nSPS) is 19.0. The highest BCUT2D eigenvalue weighted by Gasteiger charge is 2.35. The van der Waals surface area contributed by atoms with Crippen LogP contribution in [0.4, 0.5) is 0 Å². The second kappa shape index (κ2) is 7.45. The van der Waals surface area contributed by atoms with Gasteiger partial charge in [0.2, 0.25) is 5.91 Å². The fourth-order valence-electron chi connectivity index (χ4n) is 3.17. The summed E-state index contributed by atoms with van der Waals surface area (Å²) in [6.45, 7) is 3.90. The molecule has 0 radical (unpaired) electrons. The molecule has 0 spiro atoms. The van der Waals surface area contributed by atoms with Gasteiger partial charge in [-0.2, -0.15) is 0 Å². The Labute approximate surface area is 158 Å². The predicted octanol–water partition coefficient (Wildman–Crippen LogP) is 3.77. The van der Waals surface area contributed by atoms with Crippen LogP contribution in [0.1, 0.15) is 26.0 Å². The summed E-state index contributed by atoms with van der Waals surface area (Å²) >= 11 is 6.02. The van der Waals surface area contributed by atoms with Crippen molar-refractivity contribution in [2.75, 3.05) is 11.5 Å². The molecule has 5 nitrogen and oxygen atoms in total. The molecule has 1 aromatic heterocycles. The van der Waals surface area contributed by atoms with Gasteiger partial charge in [0.15, 0.2) is 9.84 Å². The van der Waals surface area contributed by atoms with Crippen molar-refractivity contribution in [3.8, 4) is 11.3 Å². The fourth-order valence-corrected chi connectivity index (χ4v) is 5.09. The smallest absolute Gasteiger partial charge is 0.225 e. The van der Waals surface area contributed by atoms with E-state index in [4.69, 9.17) is 16.0 Å². The lowest BCUT2D eigenvalue weighted by Gasteiger charge is -2.29. The molecule has 2 heterocycles. The van der Waals surface area contributed by atoms with E-state index in [0.29, 0.717) is 23.0 Å². The molecule has 1 aliphatic heterocycles. The summed E-state index contributed by atoms with van der Waals surface area (Å²) in [4.78, 5) is 14.3. The first-order valence-electron chi connectivity index (χ1n) is 8.61. The average Bonchev–Trinajstić information content (AvgIpc) is 3.18. The summed E-state index contributed by atoms with van der Waals surface area (Å²) < 4.78 is 29.6. The number of rotatable bonds is 5. The molecular weight excluding hydrogens is 374 g/mol. The van der Waals surface area contributed by atoms with Crippen LogP contribution < -0.4 is 0 Å². The maximum atomic E-state index is 12.6. The lowest BCUT2D eigenvalue weighted by atomic mass is 10.1. The van der Waals surface area contributed by atoms with Crippen LogP contribution in [-0.2, 0) is 21.2 Å². The second-order valence-corrected chi connectivity index (χ2v) is 9.62. The van der Waals surface area contributed by atoms with Gasteiger partial charge < -0.3 is 9.32 Å². The second-order valence-electron chi connectivity index (χ2n) is 6.95. The lowest BCUT2D eigenvalue weighted by molar-refractivity contribution is -0.137. The summed E-state index contributed by atoms with van der Waals surface area (Å²) in [7, 11) is -3.07. The average molecular weight is 396 g/mol. The minimum absolute atomic E-state index is 0.0211. The van der Waals surface area contributed by atoms with Gasteiger partial charge in [-0.1, -0.05) is 37.6 Å². The molecule has 7 heteroatoms. The molecule has 0 bridgehead atoms. The van der Waals surface area contributed by atoms with E-state index in [2.05, 4.69) is 0 Å². The van der Waals surface area contributed by atoms with Crippen LogP contribution in [0.2, 0.25) is 5.02 Å². The number of nitrogens with zero attached hydrogens (tertiary/aromatic N) is 1. The molecule has 0 N–H and O–H groups in total. The van der Waals surface area contributed by atoms with Crippen LogP contribution in [0, 0.1) is 5.92 Å². The molecule has 1 amide bonds. The maximum Gasteiger partial charge on any atom is 0.225 e. The van der Waals surface area contributed by atoms with Gasteiger partial charge in [-0.25, -0.2) is 8.42 Å². The molecule has 1 aliphatic rings. The topological polar surface area (TPSA) is 67.6 Å². The number of hydrogen-bond donors (Lipinski definition) is 0. The number of amides is 1. The van der Waals surface area contributed by atoms with Crippen LogP contribution in [0.15, 0.2) is 40.8 Å². The highest BCUT2D eigenvalue weighted by Crippen LogP contribution is 2.27. The third-order valence-corrected chi connectivity index (χ3v) is 6.51. The molecule has 1 saturated heterocycles. The van der Waals surface area contributed by atoms with Gasteiger partial charge in [-0.15, -0.1) is 0 Å². The van der Waals surface area contributed by atoms with Crippen molar-refractivity contribution in [1.29, 1.82) is 0 Å². The van der Waals surface area contributed by atoms with E-state index in [1.165, 1.54) is 0 Å². The zero-order chi connectivity index (χ0) is 18.9. The lowest BCUT2D eigenvalue weighted by Crippen LogP contribution is -2.42. The van der Waals surface area contributed by atoms with Gasteiger partial charge in [0.1, 0.15) is 11.5 Å². The highest BCUT2D eigenvalue weighted by atomic mass is 35.5. The van der Waals surface area contributed by atoms with Crippen molar-refractivity contribution >= 4 is 27.3 Å². The Balaban J connectivity index is 1.82.